The minimum atomic E-state index is -0.295. The number of nitrogens with one attached hydrogen (secondary N) is 1. The Bertz CT molecular complexity index is 794. The average molecular weight is 415 g/mol. The fourth-order valence-electron chi connectivity index (χ4n) is 4.93. The normalized spacial score (nSPS) is 27.8. The zero-order valence-electron chi connectivity index (χ0n) is 17.6. The average Bonchev–Trinajstić information content (AvgIpc) is 3.14. The zero-order chi connectivity index (χ0) is 21.3. The third-order valence-corrected chi connectivity index (χ3v) is 6.71. The number of hydrogen-bond acceptors (Lipinski definition) is 6. The molecule has 162 valence electrons. The lowest BCUT2D eigenvalue weighted by Gasteiger charge is -2.41. The summed E-state index contributed by atoms with van der Waals surface area (Å²) < 4.78 is 4.85. The molecule has 3 unspecified atom stereocenters. The molecule has 3 aliphatic rings. The van der Waals surface area contributed by atoms with E-state index >= 15 is 0 Å². The minimum absolute atomic E-state index is 0.0200. The van der Waals surface area contributed by atoms with E-state index in [4.69, 9.17) is 4.74 Å². The number of carbonyl (C=O) groups is 3. The number of hydrogen-bond donors (Lipinski definition) is 1. The molecule has 3 atom stereocenters. The Morgan fingerprint density at radius 3 is 2.47 bits per heavy atom. The van der Waals surface area contributed by atoms with Gasteiger partial charge in [-0.2, -0.15) is 0 Å². The van der Waals surface area contributed by atoms with Gasteiger partial charge in [-0.05, 0) is 31.5 Å². The van der Waals surface area contributed by atoms with Gasteiger partial charge in [-0.15, -0.1) is 0 Å². The number of methoxy groups -OCH3 is 1. The summed E-state index contributed by atoms with van der Waals surface area (Å²) in [6.45, 7) is 5.26. The molecule has 0 bridgehead atoms. The summed E-state index contributed by atoms with van der Waals surface area (Å²) in [4.78, 5) is 42.5. The van der Waals surface area contributed by atoms with Crippen LogP contribution in [0.4, 0.5) is 5.69 Å². The van der Waals surface area contributed by atoms with E-state index in [9.17, 15) is 14.4 Å². The fourth-order valence-corrected chi connectivity index (χ4v) is 4.93. The first-order valence-electron chi connectivity index (χ1n) is 10.8. The molecule has 3 fully saturated rings. The van der Waals surface area contributed by atoms with Gasteiger partial charge >= 0.3 is 5.97 Å². The summed E-state index contributed by atoms with van der Waals surface area (Å²) in [6, 6.07) is 9.30. The first kappa shape index (κ1) is 20.8. The minimum Gasteiger partial charge on any atom is -0.469 e. The molecule has 0 aromatic heterocycles. The number of esters is 1. The van der Waals surface area contributed by atoms with E-state index in [-0.39, 0.29) is 41.6 Å². The van der Waals surface area contributed by atoms with Crippen molar-refractivity contribution in [3.05, 3.63) is 30.3 Å². The highest BCUT2D eigenvalue weighted by atomic mass is 16.5. The number of ether oxygens (including phenoxy) is 1. The van der Waals surface area contributed by atoms with Crippen molar-refractivity contribution in [2.24, 2.45) is 17.8 Å². The number of hydrazine groups is 1. The van der Waals surface area contributed by atoms with Crippen LogP contribution in [0.25, 0.3) is 0 Å². The van der Waals surface area contributed by atoms with Crippen molar-refractivity contribution >= 4 is 23.5 Å². The lowest BCUT2D eigenvalue weighted by molar-refractivity contribution is -0.150. The predicted octanol–water partition coefficient (Wildman–Crippen LogP) is 0.886. The Hall–Kier alpha value is -2.45. The van der Waals surface area contributed by atoms with Crippen LogP contribution in [0.3, 0.4) is 0 Å². The van der Waals surface area contributed by atoms with Crippen molar-refractivity contribution in [1.29, 1.82) is 0 Å². The van der Waals surface area contributed by atoms with Gasteiger partial charge in [-0.3, -0.25) is 14.4 Å². The summed E-state index contributed by atoms with van der Waals surface area (Å²) in [5.74, 6) is -0.784. The molecule has 0 spiro atoms. The highest BCUT2D eigenvalue weighted by Crippen LogP contribution is 2.33. The largest absolute Gasteiger partial charge is 0.469 e. The van der Waals surface area contributed by atoms with Gasteiger partial charge in [0.2, 0.25) is 11.8 Å². The van der Waals surface area contributed by atoms with Gasteiger partial charge < -0.3 is 14.5 Å². The number of amides is 2. The van der Waals surface area contributed by atoms with Crippen molar-refractivity contribution in [1.82, 2.24) is 15.2 Å². The molecule has 8 nitrogen and oxygen atoms in total. The van der Waals surface area contributed by atoms with Crippen LogP contribution in [0.5, 0.6) is 0 Å². The molecule has 3 aliphatic heterocycles. The molecule has 4 rings (SSSR count). The van der Waals surface area contributed by atoms with Gasteiger partial charge in [0.1, 0.15) is 0 Å². The number of anilines is 1. The molecule has 3 heterocycles. The van der Waals surface area contributed by atoms with Crippen LogP contribution in [0.1, 0.15) is 19.8 Å². The summed E-state index contributed by atoms with van der Waals surface area (Å²) in [7, 11) is 1.41. The third kappa shape index (κ3) is 3.81. The topological polar surface area (TPSA) is 82.2 Å². The number of benzene rings is 1. The molecular formula is C22H30N4O4. The molecule has 2 amide bonds. The van der Waals surface area contributed by atoms with E-state index in [2.05, 4.69) is 17.2 Å². The highest BCUT2D eigenvalue weighted by molar-refractivity contribution is 5.98. The monoisotopic (exact) mass is 414 g/mol. The van der Waals surface area contributed by atoms with E-state index in [0.717, 1.165) is 12.2 Å². The number of carbonyl (C=O) groups excluding carboxylic acids is 3. The van der Waals surface area contributed by atoms with Crippen LogP contribution in [0.15, 0.2) is 30.3 Å². The fraction of sp³-hybridized carbons (Fsp3) is 0.591. The lowest BCUT2D eigenvalue weighted by Crippen LogP contribution is -2.58. The Balaban J connectivity index is 1.50. The third-order valence-electron chi connectivity index (χ3n) is 6.71. The van der Waals surface area contributed by atoms with Crippen LogP contribution in [-0.4, -0.2) is 73.5 Å². The molecule has 0 radical (unpaired) electrons. The van der Waals surface area contributed by atoms with Crippen LogP contribution in [0.2, 0.25) is 0 Å². The second-order valence-electron chi connectivity index (χ2n) is 8.35. The molecule has 3 saturated heterocycles. The maximum atomic E-state index is 13.5. The van der Waals surface area contributed by atoms with Crippen molar-refractivity contribution in [3.8, 4) is 0 Å². The number of nitrogens with zero attached hydrogens (tertiary/aromatic N) is 3. The van der Waals surface area contributed by atoms with Crippen LogP contribution >= 0.6 is 0 Å². The van der Waals surface area contributed by atoms with Gasteiger partial charge in [0, 0.05) is 26.2 Å². The second kappa shape index (κ2) is 8.73. The first-order valence-corrected chi connectivity index (χ1v) is 10.8. The van der Waals surface area contributed by atoms with Crippen LogP contribution in [-0.2, 0) is 19.1 Å². The number of piperidine rings is 2. The summed E-state index contributed by atoms with van der Waals surface area (Å²) in [6.07, 6.45) is 1.25. The summed E-state index contributed by atoms with van der Waals surface area (Å²) in [5.41, 5.74) is 4.14. The standard InChI is InChI=1S/C22H30N4O4/c1-3-24-13-17(20(27)25-11-9-15(10-12-25)22(29)30-2)19-18(14-24)21(28)26(23-19)16-7-5-4-6-8-16/h4-8,15,17-19,23H,3,9-14H2,1-2H3. The van der Waals surface area contributed by atoms with Crippen molar-refractivity contribution < 1.29 is 19.1 Å². The van der Waals surface area contributed by atoms with Crippen LogP contribution < -0.4 is 10.4 Å². The predicted molar refractivity (Wildman–Crippen MR) is 111 cm³/mol. The molecule has 1 aromatic rings. The molecule has 1 aromatic carbocycles. The van der Waals surface area contributed by atoms with Gasteiger partial charge in [-0.25, -0.2) is 10.4 Å². The molecular weight excluding hydrogens is 384 g/mol. The Morgan fingerprint density at radius 2 is 1.83 bits per heavy atom. The Morgan fingerprint density at radius 1 is 1.13 bits per heavy atom. The van der Waals surface area contributed by atoms with Gasteiger partial charge in [0.15, 0.2) is 0 Å². The van der Waals surface area contributed by atoms with E-state index < -0.39 is 0 Å². The van der Waals surface area contributed by atoms with Gasteiger partial charge in [0.25, 0.3) is 0 Å². The smallest absolute Gasteiger partial charge is 0.308 e. The van der Waals surface area contributed by atoms with Crippen molar-refractivity contribution in [2.45, 2.75) is 25.8 Å². The first-order chi connectivity index (χ1) is 14.5. The van der Waals surface area contributed by atoms with E-state index in [1.165, 1.54) is 7.11 Å². The van der Waals surface area contributed by atoms with Crippen molar-refractivity contribution in [3.63, 3.8) is 0 Å². The molecule has 30 heavy (non-hydrogen) atoms. The number of para-hydroxylation sites is 1. The zero-order valence-corrected chi connectivity index (χ0v) is 17.6. The lowest BCUT2D eigenvalue weighted by atomic mass is 9.83. The molecule has 0 saturated carbocycles. The van der Waals surface area contributed by atoms with Gasteiger partial charge in [0.05, 0.1) is 36.6 Å². The van der Waals surface area contributed by atoms with E-state index in [1.54, 1.807) is 5.01 Å². The maximum Gasteiger partial charge on any atom is 0.308 e. The summed E-state index contributed by atoms with van der Waals surface area (Å²) >= 11 is 0. The van der Waals surface area contributed by atoms with Crippen LogP contribution in [0, 0.1) is 17.8 Å². The molecule has 0 aliphatic carbocycles. The van der Waals surface area contributed by atoms with E-state index in [1.807, 2.05) is 35.2 Å². The second-order valence-corrected chi connectivity index (χ2v) is 8.35. The quantitative estimate of drug-likeness (QED) is 0.737. The van der Waals surface area contributed by atoms with Gasteiger partial charge in [-0.1, -0.05) is 25.1 Å². The molecule has 8 heteroatoms. The summed E-state index contributed by atoms with van der Waals surface area (Å²) in [5, 5.41) is 1.61. The number of fused-ring (bicyclic) bond motifs is 1. The Kier molecular flexibility index (Phi) is 6.06. The molecule has 1 N–H and O–H groups in total. The number of rotatable bonds is 4. The van der Waals surface area contributed by atoms with E-state index in [0.29, 0.717) is 39.0 Å². The Labute approximate surface area is 177 Å². The number of likely N-dealkylation sites (tertiary alicyclic amines) is 2. The highest BCUT2D eigenvalue weighted by Gasteiger charge is 2.51. The van der Waals surface area contributed by atoms with Crippen molar-refractivity contribution in [2.75, 3.05) is 44.8 Å². The maximum absolute atomic E-state index is 13.5. The SMILES string of the molecule is CCN1CC(C(=O)N2CCC(C(=O)OC)CC2)C2NN(c3ccccc3)C(=O)C2C1.